The molecule has 0 amide bonds. The normalized spacial score (nSPS) is 13.0. The molecule has 1 rings (SSSR count). The average Bonchev–Trinajstić information content (AvgIpc) is 2.81. The summed E-state index contributed by atoms with van der Waals surface area (Å²) in [5.41, 5.74) is 2.21. The lowest BCUT2D eigenvalue weighted by atomic mass is 9.93. The van der Waals surface area contributed by atoms with Gasteiger partial charge in [0.05, 0.1) is 5.60 Å². The summed E-state index contributed by atoms with van der Waals surface area (Å²) in [5, 5.41) is 4.51. The zero-order valence-corrected chi connectivity index (χ0v) is 16.2. The second-order valence-electron chi connectivity index (χ2n) is 7.40. The van der Waals surface area contributed by atoms with E-state index in [1.165, 1.54) is 11.1 Å². The molecule has 0 unspecified atom stereocenters. The van der Waals surface area contributed by atoms with E-state index in [1.807, 2.05) is 13.8 Å². The van der Waals surface area contributed by atoms with Crippen LogP contribution in [0.25, 0.3) is 0 Å². The van der Waals surface area contributed by atoms with E-state index in [9.17, 15) is 4.79 Å². The summed E-state index contributed by atoms with van der Waals surface area (Å²) < 4.78 is 6.18. The van der Waals surface area contributed by atoms with Crippen molar-refractivity contribution in [1.29, 1.82) is 0 Å². The average molecular weight is 325 g/mol. The van der Waals surface area contributed by atoms with Gasteiger partial charge < -0.3 is 4.43 Å². The van der Waals surface area contributed by atoms with Gasteiger partial charge in [0.1, 0.15) is 5.78 Å². The Labute approximate surface area is 136 Å². The van der Waals surface area contributed by atoms with Gasteiger partial charge in [-0.15, -0.1) is 0 Å². The molecule has 0 saturated heterocycles. The van der Waals surface area contributed by atoms with Crippen LogP contribution in [0.15, 0.2) is 10.8 Å². The Kier molecular flexibility index (Phi) is 6.38. The van der Waals surface area contributed by atoms with Crippen molar-refractivity contribution in [2.45, 2.75) is 71.9 Å². The van der Waals surface area contributed by atoms with Gasteiger partial charge >= 0.3 is 0 Å². The highest BCUT2D eigenvalue weighted by atomic mass is 32.1. The first kappa shape index (κ1) is 18.6. The van der Waals surface area contributed by atoms with E-state index in [0.717, 1.165) is 6.42 Å². The second kappa shape index (κ2) is 7.21. The fourth-order valence-electron chi connectivity index (χ4n) is 1.93. The van der Waals surface area contributed by atoms with Gasteiger partial charge in [-0.25, -0.2) is 0 Å². The Bertz CT molecular complexity index is 469. The molecule has 118 valence electrons. The quantitative estimate of drug-likeness (QED) is 0.660. The molecule has 0 fully saturated rings. The van der Waals surface area contributed by atoms with Gasteiger partial charge in [-0.1, -0.05) is 34.6 Å². The van der Waals surface area contributed by atoms with Crippen LogP contribution in [0.2, 0.25) is 5.04 Å². The molecule has 0 saturated carbocycles. The number of carbonyl (C=O) groups excluding carboxylic acids is 1. The Morgan fingerprint density at radius 1 is 1.24 bits per heavy atom. The molecule has 2 nitrogen and oxygen atoms in total. The third kappa shape index (κ3) is 6.05. The summed E-state index contributed by atoms with van der Waals surface area (Å²) >= 11 is 1.70. The maximum atomic E-state index is 11.8. The highest BCUT2D eigenvalue weighted by molar-refractivity contribution is 7.08. The minimum Gasteiger partial charge on any atom is -0.408 e. The van der Waals surface area contributed by atoms with Gasteiger partial charge in [0.2, 0.25) is 9.76 Å². The smallest absolute Gasteiger partial charge is 0.236 e. The van der Waals surface area contributed by atoms with Crippen LogP contribution in [0.3, 0.4) is 0 Å². The molecule has 0 bridgehead atoms. The Balaban J connectivity index is 2.75. The van der Waals surface area contributed by atoms with E-state index in [4.69, 9.17) is 4.43 Å². The highest BCUT2D eigenvalue weighted by Crippen LogP contribution is 2.33. The molecule has 0 atom stereocenters. The molecule has 0 N–H and O–H groups in total. The number of carbonyl (C=O) groups is 1. The van der Waals surface area contributed by atoms with Crippen molar-refractivity contribution in [2.75, 3.05) is 0 Å². The maximum Gasteiger partial charge on any atom is 0.236 e. The molecule has 0 spiro atoms. The van der Waals surface area contributed by atoms with Gasteiger partial charge in [0, 0.05) is 12.3 Å². The summed E-state index contributed by atoms with van der Waals surface area (Å²) in [6, 6.07) is 0. The van der Waals surface area contributed by atoms with Crippen LogP contribution in [-0.2, 0) is 21.2 Å². The van der Waals surface area contributed by atoms with E-state index in [2.05, 4.69) is 45.4 Å². The highest BCUT2D eigenvalue weighted by Gasteiger charge is 2.28. The van der Waals surface area contributed by atoms with Crippen molar-refractivity contribution in [1.82, 2.24) is 0 Å². The lowest BCUT2D eigenvalue weighted by Gasteiger charge is -2.30. The summed E-state index contributed by atoms with van der Waals surface area (Å²) in [4.78, 5) is 11.8. The van der Waals surface area contributed by atoms with E-state index in [-0.39, 0.29) is 16.6 Å². The second-order valence-corrected chi connectivity index (χ2v) is 10.0. The molecule has 0 aliphatic carbocycles. The zero-order chi connectivity index (χ0) is 16.3. The van der Waals surface area contributed by atoms with Crippen LogP contribution >= 0.6 is 11.3 Å². The van der Waals surface area contributed by atoms with Gasteiger partial charge in [0.15, 0.2) is 0 Å². The number of Topliss-reactive ketones (excluding diaryl/α,β-unsaturated/α-hetero) is 1. The van der Waals surface area contributed by atoms with Gasteiger partial charge in [-0.2, -0.15) is 11.3 Å². The standard InChI is InChI=1S/C17H28O2SSi/c1-12(2)15(18)9-8-13-10-20-11-14(13)17(6,7)19-21-16(3,4)5/h10-12H,8-9H2,1-7H3. The predicted octanol–water partition coefficient (Wildman–Crippen LogP) is 5.00. The number of hydrogen-bond acceptors (Lipinski definition) is 3. The predicted molar refractivity (Wildman–Crippen MR) is 92.1 cm³/mol. The van der Waals surface area contributed by atoms with E-state index >= 15 is 0 Å². The number of hydrogen-bond donors (Lipinski definition) is 0. The van der Waals surface area contributed by atoms with Crippen LogP contribution in [0.5, 0.6) is 0 Å². The molecule has 21 heavy (non-hydrogen) atoms. The van der Waals surface area contributed by atoms with Crippen LogP contribution in [0, 0.1) is 5.92 Å². The molecule has 0 aromatic carbocycles. The summed E-state index contributed by atoms with van der Waals surface area (Å²) in [7, 11) is 0.458. The van der Waals surface area contributed by atoms with Crippen LogP contribution in [0.4, 0.5) is 0 Å². The first-order valence-corrected chi connectivity index (χ1v) is 9.41. The summed E-state index contributed by atoms with van der Waals surface area (Å²) in [6.45, 7) is 14.8. The Hall–Kier alpha value is -0.453. The molecular weight excluding hydrogens is 296 g/mol. The third-order valence-electron chi connectivity index (χ3n) is 3.29. The summed E-state index contributed by atoms with van der Waals surface area (Å²) in [6.07, 6.45) is 1.44. The first-order chi connectivity index (χ1) is 9.53. The monoisotopic (exact) mass is 324 g/mol. The molecule has 0 aliphatic rings. The number of thiophene rings is 1. The largest absolute Gasteiger partial charge is 0.408 e. The molecule has 1 heterocycles. The summed E-state index contributed by atoms with van der Waals surface area (Å²) in [5.74, 6) is 0.459. The van der Waals surface area contributed by atoms with Gasteiger partial charge in [-0.05, 0) is 47.2 Å². The van der Waals surface area contributed by atoms with Crippen molar-refractivity contribution in [2.24, 2.45) is 5.92 Å². The Morgan fingerprint density at radius 2 is 1.86 bits per heavy atom. The van der Waals surface area contributed by atoms with E-state index in [1.54, 1.807) is 11.3 Å². The van der Waals surface area contributed by atoms with Crippen molar-refractivity contribution >= 4 is 26.9 Å². The molecule has 4 heteroatoms. The lowest BCUT2D eigenvalue weighted by Crippen LogP contribution is -2.28. The van der Waals surface area contributed by atoms with Gasteiger partial charge in [-0.3, -0.25) is 4.79 Å². The minimum absolute atomic E-state index is 0.124. The molecule has 1 aromatic heterocycles. The SMILES string of the molecule is CC(C)C(=O)CCc1cscc1C(C)(C)O[Si]C(C)(C)C. The maximum absolute atomic E-state index is 11.8. The number of rotatable bonds is 7. The van der Waals surface area contributed by atoms with Crippen molar-refractivity contribution in [3.63, 3.8) is 0 Å². The Morgan fingerprint density at radius 3 is 2.38 bits per heavy atom. The van der Waals surface area contributed by atoms with Crippen LogP contribution < -0.4 is 0 Å². The van der Waals surface area contributed by atoms with Crippen molar-refractivity contribution in [3.05, 3.63) is 21.9 Å². The number of aryl methyl sites for hydroxylation is 1. The minimum atomic E-state index is -0.290. The topological polar surface area (TPSA) is 26.3 Å². The molecule has 2 radical (unpaired) electrons. The third-order valence-corrected chi connectivity index (χ3v) is 5.30. The fraction of sp³-hybridized carbons (Fsp3) is 0.706. The first-order valence-electron chi connectivity index (χ1n) is 7.56. The molecule has 1 aromatic rings. The molecular formula is C17H28O2SSi. The zero-order valence-electron chi connectivity index (χ0n) is 14.4. The van der Waals surface area contributed by atoms with E-state index < -0.39 is 0 Å². The van der Waals surface area contributed by atoms with Crippen molar-refractivity contribution < 1.29 is 9.22 Å². The van der Waals surface area contributed by atoms with Crippen LogP contribution in [-0.4, -0.2) is 15.5 Å². The lowest BCUT2D eigenvalue weighted by molar-refractivity contribution is -0.121. The van der Waals surface area contributed by atoms with Crippen molar-refractivity contribution in [3.8, 4) is 0 Å². The molecule has 0 aliphatic heterocycles. The number of ketones is 1. The van der Waals surface area contributed by atoms with Crippen LogP contribution in [0.1, 0.15) is 66.0 Å². The van der Waals surface area contributed by atoms with E-state index in [0.29, 0.717) is 22.0 Å². The fourth-order valence-corrected chi connectivity index (χ4v) is 3.65. The van der Waals surface area contributed by atoms with Gasteiger partial charge in [0.25, 0.3) is 0 Å².